The Labute approximate surface area is 159 Å². The van der Waals surface area contributed by atoms with Crippen LogP contribution in [0, 0.1) is 23.2 Å². The average Bonchev–Trinajstić information content (AvgIpc) is 2.60. The van der Waals surface area contributed by atoms with E-state index in [1.54, 1.807) is 0 Å². The van der Waals surface area contributed by atoms with Crippen LogP contribution in [0.5, 0.6) is 0 Å². The number of carbonyl (C=O) groups is 2. The zero-order valence-corrected chi connectivity index (χ0v) is 15.8. The Hall–Kier alpha value is -1.91. The minimum absolute atomic E-state index is 0.0233. The average molecular weight is 368 g/mol. The van der Waals surface area contributed by atoms with E-state index in [0.29, 0.717) is 36.1 Å². The summed E-state index contributed by atoms with van der Waals surface area (Å²) in [4.78, 5) is 39.7. The molecule has 4 saturated carbocycles. The predicted molar refractivity (Wildman–Crippen MR) is 102 cm³/mol. The second kappa shape index (κ2) is 6.32. The summed E-state index contributed by atoms with van der Waals surface area (Å²) in [5.41, 5.74) is 1.32. The molecule has 2 N–H and O–H groups in total. The number of Topliss-reactive ketones (excluding diaryl/α,β-unsaturated/α-hetero) is 1. The second-order valence-corrected chi connectivity index (χ2v) is 9.60. The third-order valence-corrected chi connectivity index (χ3v) is 7.60. The van der Waals surface area contributed by atoms with E-state index < -0.39 is 0 Å². The molecule has 0 spiro atoms. The lowest BCUT2D eigenvalue weighted by Crippen LogP contribution is -2.47. The van der Waals surface area contributed by atoms with E-state index in [1.807, 2.05) is 0 Å². The third kappa shape index (κ3) is 3.05. The van der Waals surface area contributed by atoms with E-state index in [9.17, 15) is 14.4 Å². The summed E-state index contributed by atoms with van der Waals surface area (Å²) in [6.07, 6.45) is 11.2. The number of amides is 1. The van der Waals surface area contributed by atoms with Crippen LogP contribution in [0.15, 0.2) is 10.9 Å². The van der Waals surface area contributed by atoms with Crippen LogP contribution in [0.25, 0.3) is 0 Å². The molecule has 1 aromatic heterocycles. The fourth-order valence-corrected chi connectivity index (χ4v) is 6.88. The highest BCUT2D eigenvalue weighted by Crippen LogP contribution is 2.61. The fourth-order valence-electron chi connectivity index (χ4n) is 6.88. The number of aromatic nitrogens is 1. The van der Waals surface area contributed by atoms with Crippen molar-refractivity contribution in [3.05, 3.63) is 33.2 Å². The number of hydrogen-bond acceptors (Lipinski definition) is 3. The van der Waals surface area contributed by atoms with Crippen molar-refractivity contribution >= 4 is 11.7 Å². The van der Waals surface area contributed by atoms with E-state index in [4.69, 9.17) is 0 Å². The van der Waals surface area contributed by atoms with Gasteiger partial charge in [0.25, 0.3) is 11.5 Å². The second-order valence-electron chi connectivity index (χ2n) is 9.60. The number of pyridine rings is 1. The summed E-state index contributed by atoms with van der Waals surface area (Å²) in [6, 6.07) is 1.51. The largest absolute Gasteiger partial charge is 0.352 e. The molecule has 0 radical (unpaired) electrons. The first-order chi connectivity index (χ1) is 13.0. The SMILES string of the molecule is O=C1CCCc2[nH]c(=O)c(C(=O)NCCC34CC5CC(CC(C5)C3)C4)cc21. The maximum atomic E-state index is 12.6. The molecule has 0 saturated heterocycles. The summed E-state index contributed by atoms with van der Waals surface area (Å²) in [7, 11) is 0. The molecule has 5 heteroatoms. The summed E-state index contributed by atoms with van der Waals surface area (Å²) in [5, 5.41) is 2.97. The summed E-state index contributed by atoms with van der Waals surface area (Å²) >= 11 is 0. The van der Waals surface area contributed by atoms with Gasteiger partial charge in [-0.2, -0.15) is 0 Å². The number of rotatable bonds is 4. The van der Waals surface area contributed by atoms with Gasteiger partial charge in [-0.1, -0.05) is 0 Å². The number of ketones is 1. The van der Waals surface area contributed by atoms with Crippen molar-refractivity contribution in [2.45, 2.75) is 64.2 Å². The molecule has 0 unspecified atom stereocenters. The standard InChI is InChI=1S/C22H28N2O3/c25-19-3-1-2-18-16(19)9-17(21(27)24-18)20(26)23-5-4-22-10-13-6-14(11-22)8-15(7-13)12-22/h9,13-15H,1-8,10-12H2,(H,23,26)(H,24,27). The molecule has 0 aromatic carbocycles. The monoisotopic (exact) mass is 368 g/mol. The molecule has 144 valence electrons. The van der Waals surface area contributed by atoms with Gasteiger partial charge in [-0.25, -0.2) is 0 Å². The van der Waals surface area contributed by atoms with Gasteiger partial charge in [-0.15, -0.1) is 0 Å². The van der Waals surface area contributed by atoms with Crippen LogP contribution in [-0.4, -0.2) is 23.2 Å². The normalized spacial score (nSPS) is 33.8. The van der Waals surface area contributed by atoms with Gasteiger partial charge in [-0.05, 0) is 87.0 Å². The van der Waals surface area contributed by atoms with E-state index in [-0.39, 0.29) is 22.8 Å². The molecule has 0 atom stereocenters. The molecule has 5 aliphatic carbocycles. The van der Waals surface area contributed by atoms with Crippen LogP contribution in [-0.2, 0) is 6.42 Å². The highest BCUT2D eigenvalue weighted by molar-refractivity contribution is 6.01. The van der Waals surface area contributed by atoms with Crippen molar-refractivity contribution in [1.29, 1.82) is 0 Å². The maximum absolute atomic E-state index is 12.6. The Morgan fingerprint density at radius 1 is 1.07 bits per heavy atom. The van der Waals surface area contributed by atoms with Gasteiger partial charge in [0.05, 0.1) is 0 Å². The van der Waals surface area contributed by atoms with Crippen molar-refractivity contribution in [2.24, 2.45) is 23.2 Å². The third-order valence-electron chi connectivity index (χ3n) is 7.60. The number of hydrogen-bond donors (Lipinski definition) is 2. The first-order valence-electron chi connectivity index (χ1n) is 10.6. The van der Waals surface area contributed by atoms with Crippen LogP contribution >= 0.6 is 0 Å². The Kier molecular flexibility index (Phi) is 4.03. The van der Waals surface area contributed by atoms with Gasteiger partial charge in [0.15, 0.2) is 5.78 Å². The molecule has 1 aromatic rings. The van der Waals surface area contributed by atoms with E-state index in [1.165, 1.54) is 44.6 Å². The van der Waals surface area contributed by atoms with Gasteiger partial charge in [0, 0.05) is 24.2 Å². The molecular formula is C22H28N2O3. The van der Waals surface area contributed by atoms with Crippen LogP contribution in [0.1, 0.15) is 84.2 Å². The predicted octanol–water partition coefficient (Wildman–Crippen LogP) is 3.23. The van der Waals surface area contributed by atoms with Gasteiger partial charge in [-0.3, -0.25) is 14.4 Å². The van der Waals surface area contributed by atoms with E-state index >= 15 is 0 Å². The van der Waals surface area contributed by atoms with E-state index in [2.05, 4.69) is 10.3 Å². The number of carbonyl (C=O) groups excluding carboxylic acids is 2. The summed E-state index contributed by atoms with van der Waals surface area (Å²) < 4.78 is 0. The molecule has 27 heavy (non-hydrogen) atoms. The summed E-state index contributed by atoms with van der Waals surface area (Å²) in [5.74, 6) is 2.39. The summed E-state index contributed by atoms with van der Waals surface area (Å²) in [6.45, 7) is 0.621. The highest BCUT2D eigenvalue weighted by atomic mass is 16.2. The van der Waals surface area contributed by atoms with Gasteiger partial charge >= 0.3 is 0 Å². The molecule has 4 fully saturated rings. The Bertz CT molecular complexity index is 818. The van der Waals surface area contributed by atoms with Crippen LogP contribution in [0.2, 0.25) is 0 Å². The molecule has 0 aliphatic heterocycles. The Morgan fingerprint density at radius 2 is 1.74 bits per heavy atom. The Balaban J connectivity index is 1.26. The highest BCUT2D eigenvalue weighted by Gasteiger charge is 2.50. The van der Waals surface area contributed by atoms with Gasteiger partial charge in [0.1, 0.15) is 5.56 Å². The Morgan fingerprint density at radius 3 is 2.41 bits per heavy atom. The van der Waals surface area contributed by atoms with Gasteiger partial charge in [0.2, 0.25) is 0 Å². The van der Waals surface area contributed by atoms with Crippen molar-refractivity contribution < 1.29 is 9.59 Å². The van der Waals surface area contributed by atoms with E-state index in [0.717, 1.165) is 30.6 Å². The molecule has 5 aliphatic rings. The molecule has 4 bridgehead atoms. The number of fused-ring (bicyclic) bond motifs is 1. The lowest BCUT2D eigenvalue weighted by Gasteiger charge is -2.57. The quantitative estimate of drug-likeness (QED) is 0.856. The molecule has 1 amide bonds. The molecular weight excluding hydrogens is 340 g/mol. The number of nitrogens with one attached hydrogen (secondary N) is 2. The van der Waals surface area contributed by atoms with Crippen LogP contribution in [0.4, 0.5) is 0 Å². The minimum atomic E-state index is -0.379. The van der Waals surface area contributed by atoms with Crippen molar-refractivity contribution in [3.8, 4) is 0 Å². The molecule has 5 nitrogen and oxygen atoms in total. The molecule has 6 rings (SSSR count). The number of aryl methyl sites for hydroxylation is 1. The topological polar surface area (TPSA) is 79.0 Å². The lowest BCUT2D eigenvalue weighted by molar-refractivity contribution is -0.0564. The lowest BCUT2D eigenvalue weighted by atomic mass is 9.49. The fraction of sp³-hybridized carbons (Fsp3) is 0.682. The maximum Gasteiger partial charge on any atom is 0.261 e. The van der Waals surface area contributed by atoms with Crippen LogP contribution in [0.3, 0.4) is 0 Å². The van der Waals surface area contributed by atoms with Crippen molar-refractivity contribution in [3.63, 3.8) is 0 Å². The molecule has 1 heterocycles. The number of H-pyrrole nitrogens is 1. The zero-order valence-electron chi connectivity index (χ0n) is 15.8. The first kappa shape index (κ1) is 17.2. The van der Waals surface area contributed by atoms with Crippen molar-refractivity contribution in [2.75, 3.05) is 6.54 Å². The smallest absolute Gasteiger partial charge is 0.261 e. The van der Waals surface area contributed by atoms with Crippen LogP contribution < -0.4 is 10.9 Å². The zero-order chi connectivity index (χ0) is 18.6. The number of aromatic amines is 1. The van der Waals surface area contributed by atoms with Gasteiger partial charge < -0.3 is 10.3 Å². The van der Waals surface area contributed by atoms with Crippen molar-refractivity contribution in [1.82, 2.24) is 10.3 Å². The minimum Gasteiger partial charge on any atom is -0.352 e. The first-order valence-corrected chi connectivity index (χ1v) is 10.6.